The summed E-state index contributed by atoms with van der Waals surface area (Å²) >= 11 is 0. The van der Waals surface area contributed by atoms with E-state index in [1.807, 2.05) is 24.2 Å². The van der Waals surface area contributed by atoms with Gasteiger partial charge in [-0.15, -0.1) is 0 Å². The molecular weight excluding hydrogens is 378 g/mol. The number of rotatable bonds is 3. The van der Waals surface area contributed by atoms with Crippen LogP contribution in [0.1, 0.15) is 30.0 Å². The highest BCUT2D eigenvalue weighted by Crippen LogP contribution is 2.40. The van der Waals surface area contributed by atoms with Crippen molar-refractivity contribution < 1.29 is 4.79 Å². The Bertz CT molecular complexity index is 1330. The van der Waals surface area contributed by atoms with Crippen LogP contribution in [0.25, 0.3) is 22.2 Å². The maximum absolute atomic E-state index is 13.0. The van der Waals surface area contributed by atoms with Gasteiger partial charge in [0.2, 0.25) is 5.91 Å². The molecule has 1 atom stereocenters. The molecule has 1 fully saturated rings. The van der Waals surface area contributed by atoms with Gasteiger partial charge < -0.3 is 14.5 Å². The van der Waals surface area contributed by atoms with E-state index in [-0.39, 0.29) is 17.5 Å². The summed E-state index contributed by atoms with van der Waals surface area (Å²) in [6.45, 7) is 2.05. The number of nitrogens with one attached hydrogen (secondary N) is 1. The van der Waals surface area contributed by atoms with E-state index >= 15 is 0 Å². The SMILES string of the molecule is Cc1ccc(C2CCC(=O)N2c2cn(C)c(=O)c3[nH]c(-c4cnn(C)c4)cc23)cc1. The van der Waals surface area contributed by atoms with Crippen LogP contribution in [0.15, 0.2) is 53.7 Å². The summed E-state index contributed by atoms with van der Waals surface area (Å²) in [7, 11) is 3.57. The number of aromatic amines is 1. The Morgan fingerprint density at radius 2 is 1.87 bits per heavy atom. The fraction of sp³-hybridized carbons (Fsp3) is 0.261. The van der Waals surface area contributed by atoms with E-state index in [1.54, 1.807) is 28.7 Å². The number of pyridine rings is 1. The molecule has 0 bridgehead atoms. The number of nitrogens with zero attached hydrogens (tertiary/aromatic N) is 4. The molecular formula is C23H23N5O2. The van der Waals surface area contributed by atoms with Crippen LogP contribution in [-0.4, -0.2) is 25.2 Å². The minimum absolute atomic E-state index is 0.0458. The number of hydrogen-bond donors (Lipinski definition) is 1. The summed E-state index contributed by atoms with van der Waals surface area (Å²) in [5.41, 5.74) is 5.12. The van der Waals surface area contributed by atoms with Gasteiger partial charge in [0.05, 0.1) is 17.9 Å². The quantitative estimate of drug-likeness (QED) is 0.571. The highest BCUT2D eigenvalue weighted by molar-refractivity contribution is 6.05. The van der Waals surface area contributed by atoms with Crippen molar-refractivity contribution in [2.24, 2.45) is 14.1 Å². The van der Waals surface area contributed by atoms with E-state index in [0.717, 1.165) is 34.3 Å². The molecule has 0 aliphatic carbocycles. The molecule has 7 nitrogen and oxygen atoms in total. The van der Waals surface area contributed by atoms with Gasteiger partial charge in [0.1, 0.15) is 5.52 Å². The van der Waals surface area contributed by atoms with Crippen LogP contribution in [0, 0.1) is 6.92 Å². The third-order valence-electron chi connectivity index (χ3n) is 5.89. The second-order valence-electron chi connectivity index (χ2n) is 8.03. The smallest absolute Gasteiger partial charge is 0.274 e. The number of fused-ring (bicyclic) bond motifs is 1. The van der Waals surface area contributed by atoms with E-state index in [0.29, 0.717) is 11.9 Å². The number of benzene rings is 1. The molecule has 1 N–H and O–H groups in total. The van der Waals surface area contributed by atoms with Crippen LogP contribution in [-0.2, 0) is 18.9 Å². The zero-order valence-corrected chi connectivity index (χ0v) is 17.2. The van der Waals surface area contributed by atoms with Gasteiger partial charge in [-0.1, -0.05) is 29.8 Å². The predicted octanol–water partition coefficient (Wildman–Crippen LogP) is 3.44. The van der Waals surface area contributed by atoms with Crippen molar-refractivity contribution in [1.82, 2.24) is 19.3 Å². The standard InChI is InChI=1S/C23H23N5O2/c1-14-4-6-15(7-5-14)19-8-9-21(29)28(19)20-13-26(2)23(30)22-17(20)10-18(25-22)16-11-24-27(3)12-16/h4-7,10-13,19,25H,8-9H2,1-3H3. The molecule has 30 heavy (non-hydrogen) atoms. The number of hydrogen-bond acceptors (Lipinski definition) is 3. The van der Waals surface area contributed by atoms with Crippen LogP contribution < -0.4 is 10.5 Å². The maximum atomic E-state index is 13.0. The van der Waals surface area contributed by atoms with Crippen LogP contribution in [0.2, 0.25) is 0 Å². The van der Waals surface area contributed by atoms with Crippen molar-refractivity contribution in [2.75, 3.05) is 4.90 Å². The summed E-state index contributed by atoms with van der Waals surface area (Å²) < 4.78 is 3.26. The molecule has 1 aromatic carbocycles. The lowest BCUT2D eigenvalue weighted by Gasteiger charge is -2.26. The Morgan fingerprint density at radius 3 is 2.57 bits per heavy atom. The van der Waals surface area contributed by atoms with Crippen molar-refractivity contribution in [3.63, 3.8) is 0 Å². The number of H-pyrrole nitrogens is 1. The van der Waals surface area contributed by atoms with Gasteiger partial charge in [-0.05, 0) is 25.0 Å². The predicted molar refractivity (Wildman–Crippen MR) is 116 cm³/mol. The molecule has 1 aliphatic heterocycles. The fourth-order valence-corrected chi connectivity index (χ4v) is 4.31. The molecule has 0 saturated carbocycles. The Labute approximate surface area is 173 Å². The second kappa shape index (κ2) is 6.73. The van der Waals surface area contributed by atoms with Crippen molar-refractivity contribution in [3.05, 3.63) is 70.4 Å². The van der Waals surface area contributed by atoms with Gasteiger partial charge in [-0.2, -0.15) is 5.10 Å². The minimum Gasteiger partial charge on any atom is -0.350 e. The van der Waals surface area contributed by atoms with Crippen LogP contribution in [0.3, 0.4) is 0 Å². The molecule has 5 rings (SSSR count). The Hall–Kier alpha value is -3.61. The highest BCUT2D eigenvalue weighted by Gasteiger charge is 2.35. The minimum atomic E-state index is -0.123. The number of aryl methyl sites for hydroxylation is 3. The number of carbonyl (C=O) groups is 1. The summed E-state index contributed by atoms with van der Waals surface area (Å²) in [4.78, 5) is 30.9. The zero-order chi connectivity index (χ0) is 21.0. The molecule has 0 spiro atoms. The van der Waals surface area contributed by atoms with Gasteiger partial charge in [-0.3, -0.25) is 14.3 Å². The lowest BCUT2D eigenvalue weighted by Crippen LogP contribution is -2.29. The molecule has 1 amide bonds. The molecule has 1 saturated heterocycles. The number of anilines is 1. The van der Waals surface area contributed by atoms with Crippen molar-refractivity contribution in [1.29, 1.82) is 0 Å². The van der Waals surface area contributed by atoms with Gasteiger partial charge >= 0.3 is 0 Å². The van der Waals surface area contributed by atoms with Gasteiger partial charge in [0.25, 0.3) is 5.56 Å². The zero-order valence-electron chi connectivity index (χ0n) is 17.2. The topological polar surface area (TPSA) is 75.9 Å². The third-order valence-corrected chi connectivity index (χ3v) is 5.89. The highest BCUT2D eigenvalue weighted by atomic mass is 16.2. The molecule has 1 unspecified atom stereocenters. The third kappa shape index (κ3) is 2.85. The summed E-state index contributed by atoms with van der Waals surface area (Å²) in [5.74, 6) is 0.0738. The van der Waals surface area contributed by atoms with Crippen molar-refractivity contribution >= 4 is 22.5 Å². The molecule has 3 aromatic heterocycles. The number of aromatic nitrogens is 4. The van der Waals surface area contributed by atoms with Crippen molar-refractivity contribution in [3.8, 4) is 11.3 Å². The van der Waals surface area contributed by atoms with E-state index in [4.69, 9.17) is 0 Å². The van der Waals surface area contributed by atoms with Crippen LogP contribution in [0.4, 0.5) is 5.69 Å². The Kier molecular flexibility index (Phi) is 4.13. The van der Waals surface area contributed by atoms with Gasteiger partial charge in [0, 0.05) is 49.6 Å². The molecule has 4 aromatic rings. The molecule has 4 heterocycles. The first-order valence-electron chi connectivity index (χ1n) is 10.0. The number of carbonyl (C=O) groups excluding carboxylic acids is 1. The monoisotopic (exact) mass is 401 g/mol. The first-order valence-corrected chi connectivity index (χ1v) is 10.0. The molecule has 1 aliphatic rings. The van der Waals surface area contributed by atoms with Gasteiger partial charge in [0.15, 0.2) is 0 Å². The first-order chi connectivity index (χ1) is 14.4. The summed E-state index contributed by atoms with van der Waals surface area (Å²) in [6, 6.07) is 10.2. The maximum Gasteiger partial charge on any atom is 0.274 e. The largest absolute Gasteiger partial charge is 0.350 e. The lowest BCUT2D eigenvalue weighted by molar-refractivity contribution is -0.117. The van der Waals surface area contributed by atoms with Crippen LogP contribution >= 0.6 is 0 Å². The average Bonchev–Trinajstić information content (AvgIpc) is 3.44. The Morgan fingerprint density at radius 1 is 1.10 bits per heavy atom. The van der Waals surface area contributed by atoms with E-state index < -0.39 is 0 Å². The Balaban J connectivity index is 1.69. The lowest BCUT2D eigenvalue weighted by atomic mass is 10.0. The summed E-state index contributed by atoms with van der Waals surface area (Å²) in [5, 5.41) is 4.98. The molecule has 7 heteroatoms. The first kappa shape index (κ1) is 18.4. The molecule has 152 valence electrons. The van der Waals surface area contributed by atoms with E-state index in [1.165, 1.54) is 5.56 Å². The normalized spacial score (nSPS) is 16.7. The molecule has 0 radical (unpaired) electrons. The second-order valence-corrected chi connectivity index (χ2v) is 8.03. The summed E-state index contributed by atoms with van der Waals surface area (Å²) in [6.07, 6.45) is 6.67. The fourth-order valence-electron chi connectivity index (χ4n) is 4.31. The number of amides is 1. The van der Waals surface area contributed by atoms with E-state index in [2.05, 4.69) is 41.3 Å². The van der Waals surface area contributed by atoms with Gasteiger partial charge in [-0.25, -0.2) is 0 Å². The van der Waals surface area contributed by atoms with E-state index in [9.17, 15) is 9.59 Å². The average molecular weight is 401 g/mol. The van der Waals surface area contributed by atoms with Crippen LogP contribution in [0.5, 0.6) is 0 Å². The van der Waals surface area contributed by atoms with Crippen molar-refractivity contribution in [2.45, 2.75) is 25.8 Å².